The van der Waals surface area contributed by atoms with Crippen molar-refractivity contribution in [1.29, 1.82) is 0 Å². The fourth-order valence-corrected chi connectivity index (χ4v) is 5.23. The van der Waals surface area contributed by atoms with E-state index >= 15 is 0 Å². The molecule has 1 atom stereocenters. The van der Waals surface area contributed by atoms with Crippen LogP contribution in [0.5, 0.6) is 5.75 Å². The van der Waals surface area contributed by atoms with Crippen molar-refractivity contribution in [2.75, 3.05) is 32.8 Å². The van der Waals surface area contributed by atoms with Crippen LogP contribution in [0.1, 0.15) is 54.4 Å². The Morgan fingerprint density at radius 2 is 1.65 bits per heavy atom. The molecule has 2 saturated heterocycles. The maximum absolute atomic E-state index is 13.3. The molecule has 182 valence electrons. The summed E-state index contributed by atoms with van der Waals surface area (Å²) in [6.45, 7) is 5.11. The van der Waals surface area contributed by atoms with Gasteiger partial charge in [0, 0.05) is 53.6 Å². The fraction of sp³-hybridized carbons (Fsp3) is 0.481. The number of amides is 2. The van der Waals surface area contributed by atoms with Gasteiger partial charge in [0.15, 0.2) is 0 Å². The van der Waals surface area contributed by atoms with Crippen molar-refractivity contribution in [3.8, 4) is 5.75 Å². The fourth-order valence-electron chi connectivity index (χ4n) is 4.99. The van der Waals surface area contributed by atoms with Gasteiger partial charge in [0.1, 0.15) is 5.75 Å². The molecule has 0 N–H and O–H groups in total. The Morgan fingerprint density at radius 1 is 0.941 bits per heavy atom. The summed E-state index contributed by atoms with van der Waals surface area (Å²) in [4.78, 5) is 30.4. The van der Waals surface area contributed by atoms with Gasteiger partial charge in [-0.1, -0.05) is 23.2 Å². The van der Waals surface area contributed by atoms with E-state index in [4.69, 9.17) is 27.9 Å². The summed E-state index contributed by atoms with van der Waals surface area (Å²) in [5.74, 6) is 0.859. The van der Waals surface area contributed by atoms with Gasteiger partial charge in [-0.05, 0) is 87.1 Å². The van der Waals surface area contributed by atoms with Gasteiger partial charge in [-0.15, -0.1) is 0 Å². The van der Waals surface area contributed by atoms with Gasteiger partial charge in [0.2, 0.25) is 5.91 Å². The van der Waals surface area contributed by atoms with Gasteiger partial charge >= 0.3 is 0 Å². The Bertz CT molecular complexity index is 1020. The van der Waals surface area contributed by atoms with Crippen molar-refractivity contribution in [1.82, 2.24) is 9.80 Å². The van der Waals surface area contributed by atoms with E-state index in [1.165, 1.54) is 6.42 Å². The average molecular weight is 503 g/mol. The molecule has 0 radical (unpaired) electrons. The highest BCUT2D eigenvalue weighted by Gasteiger charge is 2.41. The molecule has 7 heteroatoms. The molecule has 0 aromatic heterocycles. The minimum atomic E-state index is -0.442. The maximum atomic E-state index is 13.3. The van der Waals surface area contributed by atoms with E-state index < -0.39 is 5.41 Å². The van der Waals surface area contributed by atoms with Gasteiger partial charge in [-0.2, -0.15) is 0 Å². The van der Waals surface area contributed by atoms with E-state index in [2.05, 4.69) is 0 Å². The zero-order valence-corrected chi connectivity index (χ0v) is 21.2. The van der Waals surface area contributed by atoms with Crippen molar-refractivity contribution in [3.05, 3.63) is 63.6 Å². The van der Waals surface area contributed by atoms with E-state index in [9.17, 15) is 9.59 Å². The van der Waals surface area contributed by atoms with Gasteiger partial charge in [0.25, 0.3) is 5.91 Å². The number of hydrogen-bond acceptors (Lipinski definition) is 3. The molecule has 0 aliphatic carbocycles. The third kappa shape index (κ3) is 6.05. The van der Waals surface area contributed by atoms with Gasteiger partial charge in [0.05, 0.1) is 6.61 Å². The van der Waals surface area contributed by atoms with E-state index in [1.54, 1.807) is 24.3 Å². The maximum Gasteiger partial charge on any atom is 0.253 e. The molecular weight excluding hydrogens is 471 g/mol. The van der Waals surface area contributed by atoms with Crippen LogP contribution in [0.2, 0.25) is 10.0 Å². The minimum absolute atomic E-state index is 0.0338. The predicted molar refractivity (Wildman–Crippen MR) is 136 cm³/mol. The monoisotopic (exact) mass is 502 g/mol. The zero-order valence-electron chi connectivity index (χ0n) is 19.7. The summed E-state index contributed by atoms with van der Waals surface area (Å²) >= 11 is 12.2. The normalized spacial score (nSPS) is 20.8. The molecule has 2 aliphatic rings. The van der Waals surface area contributed by atoms with Crippen LogP contribution >= 0.6 is 23.2 Å². The Morgan fingerprint density at radius 3 is 2.35 bits per heavy atom. The lowest BCUT2D eigenvalue weighted by atomic mass is 9.77. The molecule has 2 aliphatic heterocycles. The number of likely N-dealkylation sites (tertiary alicyclic amines) is 2. The topological polar surface area (TPSA) is 49.9 Å². The van der Waals surface area contributed by atoms with Crippen LogP contribution in [0.25, 0.3) is 0 Å². The van der Waals surface area contributed by atoms with Crippen molar-refractivity contribution >= 4 is 35.0 Å². The SMILES string of the molecule is Cc1cc(OC[C@@]2(CC(=O)N3CCCCC3)CCCN(C(=O)c3ccc(Cl)cc3)C2)ccc1Cl. The van der Waals surface area contributed by atoms with Gasteiger partial charge < -0.3 is 14.5 Å². The highest BCUT2D eigenvalue weighted by atomic mass is 35.5. The molecule has 0 saturated carbocycles. The third-order valence-corrected chi connectivity index (χ3v) is 7.63. The standard InChI is InChI=1S/C27H32Cl2N2O3/c1-20-16-23(10-11-24(20)29)34-19-27(17-25(32)30-13-3-2-4-14-30)12-5-15-31(18-27)26(33)21-6-8-22(28)9-7-21/h6-11,16H,2-5,12-15,17-19H2,1H3/t27-/m1/s1. The number of carbonyl (C=O) groups excluding carboxylic acids is 2. The minimum Gasteiger partial charge on any atom is -0.493 e. The molecule has 2 heterocycles. The summed E-state index contributed by atoms with van der Waals surface area (Å²) in [6.07, 6.45) is 5.33. The summed E-state index contributed by atoms with van der Waals surface area (Å²) in [5, 5.41) is 1.29. The molecule has 4 rings (SSSR count). The highest BCUT2D eigenvalue weighted by Crippen LogP contribution is 2.36. The number of ether oxygens (including phenoxy) is 1. The number of aryl methyl sites for hydroxylation is 1. The number of halogens is 2. The predicted octanol–water partition coefficient (Wildman–Crippen LogP) is 6.01. The molecule has 34 heavy (non-hydrogen) atoms. The molecule has 2 fully saturated rings. The lowest BCUT2D eigenvalue weighted by molar-refractivity contribution is -0.136. The number of piperidine rings is 2. The van der Waals surface area contributed by atoms with Gasteiger partial charge in [-0.3, -0.25) is 9.59 Å². The Kier molecular flexibility index (Phi) is 8.05. The second-order valence-corrected chi connectivity index (χ2v) is 10.5. The zero-order chi connectivity index (χ0) is 24.1. The molecule has 0 spiro atoms. The van der Waals surface area contributed by atoms with Gasteiger partial charge in [-0.25, -0.2) is 0 Å². The number of hydrogen-bond donors (Lipinski definition) is 0. The molecule has 0 bridgehead atoms. The van der Waals surface area contributed by atoms with Crippen molar-refractivity contribution < 1.29 is 14.3 Å². The molecular formula is C27H32Cl2N2O3. The first-order valence-electron chi connectivity index (χ1n) is 12.1. The first-order valence-corrected chi connectivity index (χ1v) is 12.8. The molecule has 0 unspecified atom stereocenters. The van der Waals surface area contributed by atoms with E-state index in [0.29, 0.717) is 41.7 Å². The lowest BCUT2D eigenvalue weighted by Crippen LogP contribution is -2.51. The highest BCUT2D eigenvalue weighted by molar-refractivity contribution is 6.31. The van der Waals surface area contributed by atoms with Crippen LogP contribution in [0.15, 0.2) is 42.5 Å². The Balaban J connectivity index is 1.53. The molecule has 2 amide bonds. The molecule has 2 aromatic rings. The smallest absolute Gasteiger partial charge is 0.253 e. The van der Waals surface area contributed by atoms with Crippen LogP contribution in [-0.2, 0) is 4.79 Å². The summed E-state index contributed by atoms with van der Waals surface area (Å²) < 4.78 is 6.24. The van der Waals surface area contributed by atoms with Crippen molar-refractivity contribution in [2.24, 2.45) is 5.41 Å². The number of rotatable bonds is 6. The molecule has 2 aromatic carbocycles. The van der Waals surface area contributed by atoms with Crippen LogP contribution in [0, 0.1) is 12.3 Å². The lowest BCUT2D eigenvalue weighted by Gasteiger charge is -2.43. The second-order valence-electron chi connectivity index (χ2n) is 9.66. The van der Waals surface area contributed by atoms with E-state index in [-0.39, 0.29) is 11.8 Å². The van der Waals surface area contributed by atoms with Crippen LogP contribution in [0.4, 0.5) is 0 Å². The van der Waals surface area contributed by atoms with Crippen molar-refractivity contribution in [2.45, 2.75) is 45.4 Å². The number of nitrogens with zero attached hydrogens (tertiary/aromatic N) is 2. The Hall–Kier alpha value is -2.24. The molecule has 5 nitrogen and oxygen atoms in total. The second kappa shape index (κ2) is 11.0. The Labute approximate surface area is 212 Å². The number of carbonyl (C=O) groups is 2. The average Bonchev–Trinajstić information content (AvgIpc) is 2.85. The third-order valence-electron chi connectivity index (χ3n) is 6.95. The number of benzene rings is 2. The summed E-state index contributed by atoms with van der Waals surface area (Å²) in [5.41, 5.74) is 1.11. The summed E-state index contributed by atoms with van der Waals surface area (Å²) in [6, 6.07) is 12.6. The van der Waals surface area contributed by atoms with E-state index in [0.717, 1.165) is 50.1 Å². The first kappa shape index (κ1) is 24.9. The van der Waals surface area contributed by atoms with E-state index in [1.807, 2.05) is 34.9 Å². The van der Waals surface area contributed by atoms with Crippen molar-refractivity contribution in [3.63, 3.8) is 0 Å². The van der Waals surface area contributed by atoms with Crippen LogP contribution in [0.3, 0.4) is 0 Å². The first-order chi connectivity index (χ1) is 16.3. The van der Waals surface area contributed by atoms with Crippen LogP contribution < -0.4 is 4.74 Å². The largest absolute Gasteiger partial charge is 0.493 e. The quantitative estimate of drug-likeness (QED) is 0.486. The summed E-state index contributed by atoms with van der Waals surface area (Å²) in [7, 11) is 0. The van der Waals surface area contributed by atoms with Crippen LogP contribution in [-0.4, -0.2) is 54.4 Å².